The smallest absolute Gasteiger partial charge is 0.247 e. The van der Waals surface area contributed by atoms with E-state index in [0.29, 0.717) is 18.3 Å². The molecule has 5 nitrogen and oxygen atoms in total. The molecule has 5 heteroatoms. The Morgan fingerprint density at radius 1 is 1.00 bits per heavy atom. The number of aromatic nitrogens is 2. The van der Waals surface area contributed by atoms with Crippen LogP contribution in [0.5, 0.6) is 5.75 Å². The van der Waals surface area contributed by atoms with Gasteiger partial charge in [0.05, 0.1) is 13.7 Å². The van der Waals surface area contributed by atoms with E-state index in [4.69, 9.17) is 9.15 Å². The van der Waals surface area contributed by atoms with Gasteiger partial charge in [-0.2, -0.15) is 0 Å². The lowest BCUT2D eigenvalue weighted by Crippen LogP contribution is -1.99. The number of methoxy groups -OCH3 is 1. The molecule has 0 amide bonds. The highest BCUT2D eigenvalue weighted by molar-refractivity contribution is 5.54. The molecule has 3 aromatic rings. The molecule has 1 aromatic heterocycles. The molecule has 0 aliphatic heterocycles. The molecule has 0 aliphatic rings. The zero-order chi connectivity index (χ0) is 14.5. The minimum atomic E-state index is 0.493. The lowest BCUT2D eigenvalue weighted by molar-refractivity contribution is 0.415. The Labute approximate surface area is 122 Å². The number of rotatable bonds is 5. The topological polar surface area (TPSA) is 60.2 Å². The Bertz CT molecular complexity index is 693. The van der Waals surface area contributed by atoms with Gasteiger partial charge >= 0.3 is 0 Å². The number of nitrogens with one attached hydrogen (secondary N) is 1. The Morgan fingerprint density at radius 3 is 2.48 bits per heavy atom. The highest BCUT2D eigenvalue weighted by Gasteiger charge is 2.08. The summed E-state index contributed by atoms with van der Waals surface area (Å²) < 4.78 is 10.8. The Hall–Kier alpha value is -2.82. The number of anilines is 1. The first-order chi connectivity index (χ1) is 10.3. The molecular weight excluding hydrogens is 266 g/mol. The van der Waals surface area contributed by atoms with Gasteiger partial charge in [0.15, 0.2) is 0 Å². The minimum absolute atomic E-state index is 0.493. The van der Waals surface area contributed by atoms with Gasteiger partial charge in [0.2, 0.25) is 11.8 Å². The van der Waals surface area contributed by atoms with Crippen LogP contribution < -0.4 is 10.1 Å². The Kier molecular flexibility index (Phi) is 3.82. The van der Waals surface area contributed by atoms with Crippen molar-refractivity contribution in [2.24, 2.45) is 0 Å². The zero-order valence-electron chi connectivity index (χ0n) is 11.6. The van der Waals surface area contributed by atoms with Gasteiger partial charge in [0, 0.05) is 11.3 Å². The summed E-state index contributed by atoms with van der Waals surface area (Å²) in [7, 11) is 1.63. The summed E-state index contributed by atoms with van der Waals surface area (Å²) in [6.07, 6.45) is 0. The molecule has 0 saturated heterocycles. The van der Waals surface area contributed by atoms with E-state index in [0.717, 1.165) is 17.0 Å². The van der Waals surface area contributed by atoms with Crippen LogP contribution in [0, 0.1) is 0 Å². The highest BCUT2D eigenvalue weighted by atomic mass is 16.5. The van der Waals surface area contributed by atoms with E-state index in [1.54, 1.807) is 7.11 Å². The van der Waals surface area contributed by atoms with E-state index in [1.165, 1.54) is 0 Å². The zero-order valence-corrected chi connectivity index (χ0v) is 11.6. The molecule has 0 radical (unpaired) electrons. The Morgan fingerprint density at radius 2 is 1.76 bits per heavy atom. The normalized spacial score (nSPS) is 10.3. The summed E-state index contributed by atoms with van der Waals surface area (Å²) in [5, 5.41) is 11.3. The van der Waals surface area contributed by atoms with Crippen LogP contribution in [0.4, 0.5) is 5.69 Å². The number of hydrogen-bond donors (Lipinski definition) is 1. The summed E-state index contributed by atoms with van der Waals surface area (Å²) in [6.45, 7) is 0.493. The third kappa shape index (κ3) is 3.20. The van der Waals surface area contributed by atoms with Gasteiger partial charge in [-0.05, 0) is 36.4 Å². The van der Waals surface area contributed by atoms with Crippen molar-refractivity contribution in [1.82, 2.24) is 10.2 Å². The third-order valence-electron chi connectivity index (χ3n) is 3.02. The third-order valence-corrected chi connectivity index (χ3v) is 3.02. The monoisotopic (exact) mass is 281 g/mol. The lowest BCUT2D eigenvalue weighted by Gasteiger charge is -2.02. The summed E-state index contributed by atoms with van der Waals surface area (Å²) in [5.74, 6) is 1.84. The molecule has 0 spiro atoms. The van der Waals surface area contributed by atoms with Gasteiger partial charge < -0.3 is 14.5 Å². The highest BCUT2D eigenvalue weighted by Crippen LogP contribution is 2.21. The van der Waals surface area contributed by atoms with Crippen molar-refractivity contribution in [2.45, 2.75) is 6.54 Å². The fourth-order valence-corrected chi connectivity index (χ4v) is 1.91. The molecule has 1 N–H and O–H groups in total. The van der Waals surface area contributed by atoms with Crippen LogP contribution in [0.2, 0.25) is 0 Å². The van der Waals surface area contributed by atoms with Crippen LogP contribution >= 0.6 is 0 Å². The summed E-state index contributed by atoms with van der Waals surface area (Å²) in [5.41, 5.74) is 1.89. The molecule has 1 heterocycles. The standard InChI is InChI=1S/C16H15N3O2/c1-20-14-9-7-12(8-10-14)16-19-18-15(21-16)11-17-13-5-3-2-4-6-13/h2-10,17H,11H2,1H3. The second kappa shape index (κ2) is 6.09. The first kappa shape index (κ1) is 13.2. The summed E-state index contributed by atoms with van der Waals surface area (Å²) in [6, 6.07) is 17.4. The van der Waals surface area contributed by atoms with Gasteiger partial charge in [-0.25, -0.2) is 0 Å². The van der Waals surface area contributed by atoms with E-state index < -0.39 is 0 Å². The molecule has 0 unspecified atom stereocenters. The van der Waals surface area contributed by atoms with Crippen LogP contribution in [0.15, 0.2) is 59.0 Å². The first-order valence-corrected chi connectivity index (χ1v) is 6.61. The predicted molar refractivity (Wildman–Crippen MR) is 80.1 cm³/mol. The fraction of sp³-hybridized carbons (Fsp3) is 0.125. The molecule has 2 aromatic carbocycles. The van der Waals surface area contributed by atoms with Gasteiger partial charge in [-0.15, -0.1) is 10.2 Å². The number of benzene rings is 2. The minimum Gasteiger partial charge on any atom is -0.497 e. The van der Waals surface area contributed by atoms with Crippen LogP contribution in [-0.4, -0.2) is 17.3 Å². The average Bonchev–Trinajstić information content (AvgIpc) is 3.03. The number of nitrogens with zero attached hydrogens (tertiary/aromatic N) is 2. The number of para-hydroxylation sites is 1. The molecule has 0 saturated carbocycles. The maximum absolute atomic E-state index is 5.64. The van der Waals surface area contributed by atoms with Gasteiger partial charge in [0.25, 0.3) is 0 Å². The van der Waals surface area contributed by atoms with E-state index in [9.17, 15) is 0 Å². The van der Waals surface area contributed by atoms with Gasteiger partial charge in [-0.3, -0.25) is 0 Å². The molecule has 21 heavy (non-hydrogen) atoms. The quantitative estimate of drug-likeness (QED) is 0.777. The Balaban J connectivity index is 1.68. The SMILES string of the molecule is COc1ccc(-c2nnc(CNc3ccccc3)o2)cc1. The average molecular weight is 281 g/mol. The van der Waals surface area contributed by atoms with Crippen LogP contribution in [0.3, 0.4) is 0 Å². The lowest BCUT2D eigenvalue weighted by atomic mass is 10.2. The summed E-state index contributed by atoms with van der Waals surface area (Å²) >= 11 is 0. The molecule has 0 bridgehead atoms. The van der Waals surface area contributed by atoms with E-state index >= 15 is 0 Å². The fourth-order valence-electron chi connectivity index (χ4n) is 1.91. The van der Waals surface area contributed by atoms with Crippen molar-refractivity contribution >= 4 is 5.69 Å². The van der Waals surface area contributed by atoms with E-state index in [1.807, 2.05) is 54.6 Å². The molecule has 3 rings (SSSR count). The van der Waals surface area contributed by atoms with Crippen molar-refractivity contribution in [3.05, 3.63) is 60.5 Å². The molecule has 106 valence electrons. The molecule has 0 atom stereocenters. The van der Waals surface area contributed by atoms with Crippen molar-refractivity contribution in [1.29, 1.82) is 0 Å². The van der Waals surface area contributed by atoms with Gasteiger partial charge in [0.1, 0.15) is 5.75 Å². The molecule has 0 aliphatic carbocycles. The van der Waals surface area contributed by atoms with Crippen molar-refractivity contribution in [3.63, 3.8) is 0 Å². The summed E-state index contributed by atoms with van der Waals surface area (Å²) in [4.78, 5) is 0. The maximum Gasteiger partial charge on any atom is 0.247 e. The van der Waals surface area contributed by atoms with Crippen LogP contribution in [0.25, 0.3) is 11.5 Å². The number of ether oxygens (including phenoxy) is 1. The molecular formula is C16H15N3O2. The van der Waals surface area contributed by atoms with Gasteiger partial charge in [-0.1, -0.05) is 18.2 Å². The van der Waals surface area contributed by atoms with E-state index in [2.05, 4.69) is 15.5 Å². The van der Waals surface area contributed by atoms with E-state index in [-0.39, 0.29) is 0 Å². The second-order valence-electron chi connectivity index (χ2n) is 4.45. The molecule has 0 fully saturated rings. The van der Waals surface area contributed by atoms with Crippen molar-refractivity contribution < 1.29 is 9.15 Å². The van der Waals surface area contributed by atoms with Crippen LogP contribution in [0.1, 0.15) is 5.89 Å². The predicted octanol–water partition coefficient (Wildman–Crippen LogP) is 3.36. The second-order valence-corrected chi connectivity index (χ2v) is 4.45. The number of hydrogen-bond acceptors (Lipinski definition) is 5. The van der Waals surface area contributed by atoms with Crippen molar-refractivity contribution in [2.75, 3.05) is 12.4 Å². The van der Waals surface area contributed by atoms with Crippen LogP contribution in [-0.2, 0) is 6.54 Å². The largest absolute Gasteiger partial charge is 0.497 e. The maximum atomic E-state index is 5.64. The van der Waals surface area contributed by atoms with Crippen molar-refractivity contribution in [3.8, 4) is 17.2 Å². The first-order valence-electron chi connectivity index (χ1n) is 6.61.